The summed E-state index contributed by atoms with van der Waals surface area (Å²) in [6.07, 6.45) is -4.69. The molecule has 2 aliphatic heterocycles. The number of carbonyl (C=O) groups is 2. The lowest BCUT2D eigenvalue weighted by molar-refractivity contribution is -0.307. The van der Waals surface area contributed by atoms with E-state index < -0.39 is 70.7 Å². The van der Waals surface area contributed by atoms with E-state index in [1.165, 1.54) is 6.08 Å². The van der Waals surface area contributed by atoms with Crippen molar-refractivity contribution in [1.29, 1.82) is 0 Å². The smallest absolute Gasteiger partial charge is 0.335 e. The van der Waals surface area contributed by atoms with Gasteiger partial charge in [-0.05, 0) is 25.3 Å². The fourth-order valence-electron chi connectivity index (χ4n) is 7.80. The first-order valence-corrected chi connectivity index (χ1v) is 9.78. The average Bonchev–Trinajstić information content (AvgIpc) is 2.86. The zero-order valence-corrected chi connectivity index (χ0v) is 16.0. The number of esters is 1. The number of hydrogen-bond donors (Lipinski definition) is 4. The van der Waals surface area contributed by atoms with Crippen LogP contribution in [0, 0.1) is 28.6 Å². The van der Waals surface area contributed by atoms with Gasteiger partial charge in [-0.2, -0.15) is 0 Å². The molecule has 8 heteroatoms. The highest BCUT2D eigenvalue weighted by Crippen LogP contribution is 2.72. The maximum absolute atomic E-state index is 12.5. The highest BCUT2D eigenvalue weighted by molar-refractivity contribution is 5.92. The lowest BCUT2D eigenvalue weighted by Gasteiger charge is -2.68. The Bertz CT molecular complexity index is 808. The number of carbonyl (C=O) groups excluding carboxylic acids is 2. The second kappa shape index (κ2) is 5.23. The molecule has 3 aliphatic carbocycles. The molecule has 0 radical (unpaired) electrons. The van der Waals surface area contributed by atoms with E-state index in [-0.39, 0.29) is 18.8 Å². The lowest BCUT2D eigenvalue weighted by atomic mass is 9.38. The summed E-state index contributed by atoms with van der Waals surface area (Å²) in [4.78, 5) is 24.9. The quantitative estimate of drug-likeness (QED) is 0.382. The molecule has 4 N–H and O–H groups in total. The molecular formula is C20H26O8. The van der Waals surface area contributed by atoms with E-state index >= 15 is 0 Å². The van der Waals surface area contributed by atoms with Gasteiger partial charge in [0.1, 0.15) is 17.8 Å². The summed E-state index contributed by atoms with van der Waals surface area (Å²) >= 11 is 0. The molecule has 0 unspecified atom stereocenters. The SMILES string of the molecule is CC1=CC(=O)C[C@@]2(C)[C@H]1[C@@H](O)[C@H]1OC(=O)[C@H](O)[C@H]3[C@]4(C)OC[C@]13[C@@H]2[C@@H](O)[C@@H]4O. The van der Waals surface area contributed by atoms with Crippen LogP contribution in [0.1, 0.15) is 27.2 Å². The number of rotatable bonds is 0. The first-order chi connectivity index (χ1) is 13.0. The molecule has 28 heavy (non-hydrogen) atoms. The minimum absolute atomic E-state index is 0.0122. The molecule has 5 aliphatic rings. The number of aliphatic hydroxyl groups excluding tert-OH is 4. The zero-order valence-electron chi connectivity index (χ0n) is 16.0. The van der Waals surface area contributed by atoms with Crippen LogP contribution >= 0.6 is 0 Å². The number of allylic oxidation sites excluding steroid dienone is 1. The number of ether oxygens (including phenoxy) is 2. The van der Waals surface area contributed by atoms with Gasteiger partial charge in [-0.15, -0.1) is 0 Å². The van der Waals surface area contributed by atoms with E-state index in [1.807, 2.05) is 6.92 Å². The van der Waals surface area contributed by atoms with Crippen molar-refractivity contribution in [2.24, 2.45) is 28.6 Å². The Balaban J connectivity index is 1.80. The van der Waals surface area contributed by atoms with Gasteiger partial charge in [0.25, 0.3) is 0 Å². The van der Waals surface area contributed by atoms with Gasteiger partial charge in [-0.3, -0.25) is 4.79 Å². The molecule has 2 bridgehead atoms. The molecule has 2 saturated heterocycles. The van der Waals surface area contributed by atoms with Crippen LogP contribution in [0.5, 0.6) is 0 Å². The highest BCUT2D eigenvalue weighted by atomic mass is 16.6. The summed E-state index contributed by atoms with van der Waals surface area (Å²) < 4.78 is 11.5. The van der Waals surface area contributed by atoms with Crippen molar-refractivity contribution < 1.29 is 39.5 Å². The Labute approximate surface area is 162 Å². The van der Waals surface area contributed by atoms with Crippen molar-refractivity contribution in [3.63, 3.8) is 0 Å². The molecule has 2 saturated carbocycles. The van der Waals surface area contributed by atoms with Crippen molar-refractivity contribution >= 4 is 11.8 Å². The van der Waals surface area contributed by atoms with Crippen LogP contribution in [0.25, 0.3) is 0 Å². The lowest BCUT2D eigenvalue weighted by Crippen LogP contribution is -2.79. The predicted octanol–water partition coefficient (Wildman–Crippen LogP) is -1.07. The zero-order chi connectivity index (χ0) is 20.4. The second-order valence-electron chi connectivity index (χ2n) is 9.78. The number of ketones is 1. The third kappa shape index (κ3) is 1.76. The first kappa shape index (κ1) is 18.7. The Hall–Kier alpha value is -1.32. The summed E-state index contributed by atoms with van der Waals surface area (Å²) in [5.74, 6) is -3.06. The van der Waals surface area contributed by atoms with Crippen molar-refractivity contribution in [2.45, 2.75) is 63.3 Å². The monoisotopic (exact) mass is 394 g/mol. The molecule has 5 rings (SSSR count). The van der Waals surface area contributed by atoms with Gasteiger partial charge >= 0.3 is 5.97 Å². The fraction of sp³-hybridized carbons (Fsp3) is 0.800. The molecule has 2 heterocycles. The molecule has 0 aromatic carbocycles. The maximum atomic E-state index is 12.5. The van der Waals surface area contributed by atoms with Crippen molar-refractivity contribution in [3.8, 4) is 0 Å². The molecule has 0 amide bonds. The van der Waals surface area contributed by atoms with E-state index in [0.717, 1.165) is 0 Å². The largest absolute Gasteiger partial charge is 0.457 e. The van der Waals surface area contributed by atoms with Gasteiger partial charge in [0.05, 0.1) is 18.8 Å². The summed E-state index contributed by atoms with van der Waals surface area (Å²) in [7, 11) is 0. The van der Waals surface area contributed by atoms with Crippen LogP contribution in [-0.4, -0.2) is 74.9 Å². The van der Waals surface area contributed by atoms with Crippen molar-refractivity contribution in [2.75, 3.05) is 6.61 Å². The second-order valence-corrected chi connectivity index (χ2v) is 9.78. The van der Waals surface area contributed by atoms with E-state index in [0.29, 0.717) is 5.57 Å². The van der Waals surface area contributed by atoms with E-state index in [4.69, 9.17) is 9.47 Å². The van der Waals surface area contributed by atoms with Crippen LogP contribution < -0.4 is 0 Å². The van der Waals surface area contributed by atoms with E-state index in [9.17, 15) is 30.0 Å². The first-order valence-electron chi connectivity index (χ1n) is 9.78. The topological polar surface area (TPSA) is 134 Å². The third-order valence-electron chi connectivity index (χ3n) is 8.50. The van der Waals surface area contributed by atoms with E-state index in [1.54, 1.807) is 13.8 Å². The Morgan fingerprint density at radius 1 is 1.07 bits per heavy atom. The Morgan fingerprint density at radius 3 is 2.43 bits per heavy atom. The Kier molecular flexibility index (Phi) is 3.49. The van der Waals surface area contributed by atoms with Crippen LogP contribution in [0.15, 0.2) is 11.6 Å². The maximum Gasteiger partial charge on any atom is 0.335 e. The van der Waals surface area contributed by atoms with Gasteiger partial charge in [0.15, 0.2) is 11.9 Å². The highest BCUT2D eigenvalue weighted by Gasteiger charge is 2.82. The van der Waals surface area contributed by atoms with Crippen LogP contribution in [0.3, 0.4) is 0 Å². The van der Waals surface area contributed by atoms with Crippen LogP contribution in [-0.2, 0) is 19.1 Å². The fourth-order valence-corrected chi connectivity index (χ4v) is 7.80. The van der Waals surface area contributed by atoms with Gasteiger partial charge in [-0.25, -0.2) is 4.79 Å². The van der Waals surface area contributed by atoms with Gasteiger partial charge in [0, 0.05) is 29.6 Å². The molecule has 11 atom stereocenters. The van der Waals surface area contributed by atoms with Gasteiger partial charge in [0.2, 0.25) is 0 Å². The number of fused-ring (bicyclic) bond motifs is 2. The predicted molar refractivity (Wildman–Crippen MR) is 92.7 cm³/mol. The van der Waals surface area contributed by atoms with Gasteiger partial charge in [-0.1, -0.05) is 12.5 Å². The van der Waals surface area contributed by atoms with Crippen molar-refractivity contribution in [3.05, 3.63) is 11.6 Å². The summed E-state index contributed by atoms with van der Waals surface area (Å²) in [6, 6.07) is 0. The van der Waals surface area contributed by atoms with Crippen LogP contribution in [0.2, 0.25) is 0 Å². The molecule has 1 spiro atoms. The summed E-state index contributed by atoms with van der Waals surface area (Å²) in [5, 5.41) is 44.3. The standard InChI is InChI=1S/C20H26O8/c1-7-4-8(21)5-18(2)9(7)10(22)16-20-6-27-19(3,15(25)11(23)13(18)20)14(20)12(24)17(26)28-16/h4,9-16,22-25H,5-6H2,1-3H3/t9-,10-,11-,12-,13-,14+,15+,16-,18+,19+,20-/m1/s1. The number of aliphatic hydroxyl groups is 4. The van der Waals surface area contributed by atoms with Crippen molar-refractivity contribution in [1.82, 2.24) is 0 Å². The molecule has 4 fully saturated rings. The minimum Gasteiger partial charge on any atom is -0.457 e. The summed E-state index contributed by atoms with van der Waals surface area (Å²) in [5.41, 5.74) is -2.68. The van der Waals surface area contributed by atoms with Gasteiger partial charge < -0.3 is 29.9 Å². The van der Waals surface area contributed by atoms with Crippen LogP contribution in [0.4, 0.5) is 0 Å². The molecular weight excluding hydrogens is 368 g/mol. The minimum atomic E-state index is -1.54. The Morgan fingerprint density at radius 2 is 1.75 bits per heavy atom. The van der Waals surface area contributed by atoms with E-state index in [2.05, 4.69) is 0 Å². The molecule has 154 valence electrons. The normalized spacial score (nSPS) is 59.9. The average molecular weight is 394 g/mol. The summed E-state index contributed by atoms with van der Waals surface area (Å²) in [6.45, 7) is 5.17. The molecule has 0 aromatic heterocycles. The third-order valence-corrected chi connectivity index (χ3v) is 8.50. The molecule has 8 nitrogen and oxygen atoms in total. The molecule has 0 aromatic rings. The number of hydrogen-bond acceptors (Lipinski definition) is 8.